The van der Waals surface area contributed by atoms with E-state index in [1.54, 1.807) is 49.2 Å². The third-order valence-electron chi connectivity index (χ3n) is 7.42. The average molecular weight is 712 g/mol. The Morgan fingerprint density at radius 1 is 0.620 bits per heavy atom. The topological polar surface area (TPSA) is 134 Å². The first-order chi connectivity index (χ1) is 23.9. The van der Waals surface area contributed by atoms with Crippen molar-refractivity contribution in [2.45, 2.75) is 27.2 Å². The van der Waals surface area contributed by atoms with E-state index in [0.717, 1.165) is 64.8 Å². The molecule has 2 amide bonds. The number of carbonyl (C=O) groups excluding carboxylic acids is 2. The summed E-state index contributed by atoms with van der Waals surface area (Å²) in [7, 11) is 0. The average Bonchev–Trinajstić information content (AvgIpc) is 3.12. The van der Waals surface area contributed by atoms with Gasteiger partial charge in [0.1, 0.15) is 0 Å². The van der Waals surface area contributed by atoms with Crippen LogP contribution >= 0.6 is 23.2 Å². The van der Waals surface area contributed by atoms with Gasteiger partial charge in [-0.15, -0.1) is 0 Å². The SMILES string of the molecule is C.Cc1ccc(C(=O)NCCCNc2ccnc3cc(Cl)ccc23)cn1.O=C(NCCCNc1ccnc2cc(Cl)ccc12)c1cccnc1. The lowest BCUT2D eigenvalue weighted by molar-refractivity contribution is 0.0945. The number of carbonyl (C=O) groups is 2. The zero-order valence-electron chi connectivity index (χ0n) is 26.9. The van der Waals surface area contributed by atoms with Gasteiger partial charge in [-0.05, 0) is 92.6 Å². The fourth-order valence-corrected chi connectivity index (χ4v) is 5.21. The highest BCUT2D eigenvalue weighted by Crippen LogP contribution is 2.25. The Hall–Kier alpha value is -5.32. The summed E-state index contributed by atoms with van der Waals surface area (Å²) in [5.74, 6) is -0.205. The maximum atomic E-state index is 12.0. The summed E-state index contributed by atoms with van der Waals surface area (Å²) in [4.78, 5) is 40.6. The van der Waals surface area contributed by atoms with E-state index in [1.807, 2.05) is 61.5 Å². The van der Waals surface area contributed by atoms with Gasteiger partial charge in [0, 0.05) is 95.0 Å². The second-order valence-corrected chi connectivity index (χ2v) is 11.9. The molecule has 4 N–H and O–H groups in total. The van der Waals surface area contributed by atoms with Crippen LogP contribution in [-0.4, -0.2) is 57.9 Å². The zero-order valence-corrected chi connectivity index (χ0v) is 28.4. The second-order valence-electron chi connectivity index (χ2n) is 11.0. The van der Waals surface area contributed by atoms with Crippen molar-refractivity contribution in [2.75, 3.05) is 36.8 Å². The van der Waals surface area contributed by atoms with Crippen molar-refractivity contribution in [3.05, 3.63) is 131 Å². The maximum Gasteiger partial charge on any atom is 0.252 e. The summed E-state index contributed by atoms with van der Waals surface area (Å²) >= 11 is 12.0. The van der Waals surface area contributed by atoms with Gasteiger partial charge in [-0.25, -0.2) is 0 Å². The summed E-state index contributed by atoms with van der Waals surface area (Å²) in [6, 6.07) is 22.3. The number of nitrogens with zero attached hydrogens (tertiary/aromatic N) is 4. The summed E-state index contributed by atoms with van der Waals surface area (Å²) < 4.78 is 0. The number of aryl methyl sites for hydroxylation is 1. The number of benzene rings is 2. The number of anilines is 2. The van der Waals surface area contributed by atoms with Gasteiger partial charge in [-0.2, -0.15) is 0 Å². The molecular formula is C38H40Cl2N8O2. The van der Waals surface area contributed by atoms with Gasteiger partial charge in [-0.1, -0.05) is 30.6 Å². The van der Waals surface area contributed by atoms with Crippen molar-refractivity contribution < 1.29 is 9.59 Å². The van der Waals surface area contributed by atoms with Crippen LogP contribution in [0.2, 0.25) is 10.0 Å². The van der Waals surface area contributed by atoms with Gasteiger partial charge in [0.05, 0.1) is 22.2 Å². The van der Waals surface area contributed by atoms with Crippen LogP contribution in [0.3, 0.4) is 0 Å². The van der Waals surface area contributed by atoms with E-state index >= 15 is 0 Å². The van der Waals surface area contributed by atoms with Crippen LogP contribution in [0.25, 0.3) is 21.8 Å². The molecule has 0 saturated carbocycles. The summed E-state index contributed by atoms with van der Waals surface area (Å²) in [6.45, 7) is 4.57. The minimum absolute atomic E-state index is 0. The molecule has 4 heterocycles. The highest BCUT2D eigenvalue weighted by Gasteiger charge is 2.07. The molecule has 0 unspecified atom stereocenters. The molecule has 0 spiro atoms. The molecule has 4 aromatic heterocycles. The normalized spacial score (nSPS) is 10.4. The molecule has 0 aliphatic heterocycles. The predicted octanol–water partition coefficient (Wildman–Crippen LogP) is 7.97. The fourth-order valence-electron chi connectivity index (χ4n) is 4.88. The Bertz CT molecular complexity index is 2010. The van der Waals surface area contributed by atoms with Crippen molar-refractivity contribution in [1.29, 1.82) is 0 Å². The van der Waals surface area contributed by atoms with Crippen molar-refractivity contribution in [2.24, 2.45) is 0 Å². The number of amides is 2. The highest BCUT2D eigenvalue weighted by atomic mass is 35.5. The molecule has 10 nitrogen and oxygen atoms in total. The Kier molecular flexibility index (Phi) is 14.3. The molecule has 0 fully saturated rings. The molecule has 0 atom stereocenters. The van der Waals surface area contributed by atoms with Gasteiger partial charge in [0.25, 0.3) is 11.8 Å². The van der Waals surface area contributed by atoms with Crippen molar-refractivity contribution >= 4 is 68.2 Å². The van der Waals surface area contributed by atoms with Gasteiger partial charge >= 0.3 is 0 Å². The molecule has 0 aliphatic rings. The quantitative estimate of drug-likeness (QED) is 0.0940. The first-order valence-corrected chi connectivity index (χ1v) is 16.6. The Labute approximate surface area is 302 Å². The van der Waals surface area contributed by atoms with Crippen LogP contribution in [0.5, 0.6) is 0 Å². The lowest BCUT2D eigenvalue weighted by atomic mass is 10.2. The third kappa shape index (κ3) is 10.8. The van der Waals surface area contributed by atoms with Gasteiger partial charge in [0.15, 0.2) is 0 Å². The van der Waals surface area contributed by atoms with E-state index in [2.05, 4.69) is 41.2 Å². The van der Waals surface area contributed by atoms with E-state index < -0.39 is 0 Å². The van der Waals surface area contributed by atoms with E-state index in [9.17, 15) is 9.59 Å². The summed E-state index contributed by atoms with van der Waals surface area (Å²) in [5, 5.41) is 15.9. The Morgan fingerprint density at radius 3 is 1.64 bits per heavy atom. The number of rotatable bonds is 12. The van der Waals surface area contributed by atoms with Crippen molar-refractivity contribution in [3.8, 4) is 0 Å². The van der Waals surface area contributed by atoms with Gasteiger partial charge in [-0.3, -0.25) is 29.5 Å². The molecule has 2 aromatic carbocycles. The number of fused-ring (bicyclic) bond motifs is 2. The number of hydrogen-bond acceptors (Lipinski definition) is 8. The van der Waals surface area contributed by atoms with Gasteiger partial charge in [0.2, 0.25) is 0 Å². The van der Waals surface area contributed by atoms with E-state index in [1.165, 1.54) is 0 Å². The molecule has 0 saturated heterocycles. The largest absolute Gasteiger partial charge is 0.384 e. The van der Waals surface area contributed by atoms with Crippen LogP contribution in [0.15, 0.2) is 104 Å². The van der Waals surface area contributed by atoms with Crippen LogP contribution in [0, 0.1) is 6.92 Å². The van der Waals surface area contributed by atoms with E-state index in [-0.39, 0.29) is 19.2 Å². The second kappa shape index (κ2) is 19.0. The molecule has 6 aromatic rings. The summed E-state index contributed by atoms with van der Waals surface area (Å²) in [6.07, 6.45) is 9.93. The highest BCUT2D eigenvalue weighted by molar-refractivity contribution is 6.31. The van der Waals surface area contributed by atoms with Crippen LogP contribution < -0.4 is 21.3 Å². The predicted molar refractivity (Wildman–Crippen MR) is 204 cm³/mol. The first-order valence-electron chi connectivity index (χ1n) is 15.8. The first kappa shape index (κ1) is 37.5. The summed E-state index contributed by atoms with van der Waals surface area (Å²) in [5.41, 5.74) is 5.78. The maximum absolute atomic E-state index is 12.0. The monoisotopic (exact) mass is 710 g/mol. The van der Waals surface area contributed by atoms with Crippen LogP contribution in [0.4, 0.5) is 11.4 Å². The van der Waals surface area contributed by atoms with Crippen LogP contribution in [0.1, 0.15) is 46.7 Å². The van der Waals surface area contributed by atoms with Gasteiger partial charge < -0.3 is 21.3 Å². The van der Waals surface area contributed by atoms with Crippen molar-refractivity contribution in [3.63, 3.8) is 0 Å². The van der Waals surface area contributed by atoms with E-state index in [0.29, 0.717) is 34.3 Å². The molecule has 50 heavy (non-hydrogen) atoms. The van der Waals surface area contributed by atoms with E-state index in [4.69, 9.17) is 23.2 Å². The molecule has 12 heteroatoms. The number of hydrogen-bond donors (Lipinski definition) is 4. The molecule has 258 valence electrons. The lowest BCUT2D eigenvalue weighted by Gasteiger charge is -2.10. The minimum Gasteiger partial charge on any atom is -0.384 e. The fraction of sp³-hybridized carbons (Fsp3) is 0.211. The number of nitrogens with one attached hydrogen (secondary N) is 4. The number of pyridine rings is 4. The lowest BCUT2D eigenvalue weighted by Crippen LogP contribution is -2.26. The zero-order chi connectivity index (χ0) is 34.4. The number of halogens is 2. The third-order valence-corrected chi connectivity index (χ3v) is 7.89. The Balaban J connectivity index is 0.000000220. The molecule has 0 bridgehead atoms. The molecule has 0 aliphatic carbocycles. The minimum atomic E-state index is -0.105. The van der Waals surface area contributed by atoms with Crippen LogP contribution in [-0.2, 0) is 0 Å². The molecule has 0 radical (unpaired) electrons. The van der Waals surface area contributed by atoms with Crippen molar-refractivity contribution in [1.82, 2.24) is 30.6 Å². The number of aromatic nitrogens is 4. The standard InChI is InChI=1S/C19H19ClN4O.C18H17ClN4O.CH4/c1-13-3-4-14(12-24-13)19(25)23-9-2-8-21-17-7-10-22-18-11-15(20)5-6-16(17)18;19-14-4-5-15-16(6-10-22-17(15)11-14)21-8-2-9-23-18(24)13-3-1-7-20-12-13;/h3-7,10-12H,2,8-9H2,1H3,(H,21,22)(H,23,25);1,3-7,10-12H,2,8-9H2,(H,21,22)(H,23,24);1H4. The Morgan fingerprint density at radius 2 is 1.16 bits per heavy atom. The molecule has 6 rings (SSSR count). The smallest absolute Gasteiger partial charge is 0.252 e. The molecular weight excluding hydrogens is 671 g/mol.